The van der Waals surface area contributed by atoms with Gasteiger partial charge in [0.15, 0.2) is 5.78 Å². The molecule has 154 valence electrons. The van der Waals surface area contributed by atoms with E-state index in [2.05, 4.69) is 6.58 Å². The Morgan fingerprint density at radius 1 is 1.04 bits per heavy atom. The molecule has 0 aliphatic heterocycles. The van der Waals surface area contributed by atoms with Crippen molar-refractivity contribution in [1.29, 1.82) is 0 Å². The fourth-order valence-corrected chi connectivity index (χ4v) is 2.08. The first-order valence-electron chi connectivity index (χ1n) is 9.15. The van der Waals surface area contributed by atoms with Gasteiger partial charge in [0.05, 0.1) is 13.0 Å². The molecule has 28 heavy (non-hydrogen) atoms. The van der Waals surface area contributed by atoms with Gasteiger partial charge in [0, 0.05) is 11.1 Å². The summed E-state index contributed by atoms with van der Waals surface area (Å²) in [5.74, 6) is -1.08. The maximum Gasteiger partial charge on any atom is 0.333 e. The van der Waals surface area contributed by atoms with E-state index in [0.29, 0.717) is 17.9 Å². The normalized spacial score (nSPS) is 10.9. The van der Waals surface area contributed by atoms with Crippen molar-refractivity contribution in [2.24, 2.45) is 0 Å². The predicted octanol–water partition coefficient (Wildman–Crippen LogP) is 2.85. The molecule has 0 spiro atoms. The number of carbonyl (C=O) groups is 3. The molecule has 7 heteroatoms. The molecular formula is C21H28O7. The van der Waals surface area contributed by atoms with E-state index >= 15 is 0 Å². The summed E-state index contributed by atoms with van der Waals surface area (Å²) >= 11 is 0. The third-order valence-electron chi connectivity index (χ3n) is 3.66. The van der Waals surface area contributed by atoms with E-state index in [9.17, 15) is 19.5 Å². The Bertz CT molecular complexity index is 684. The molecule has 0 heterocycles. The average molecular weight is 392 g/mol. The van der Waals surface area contributed by atoms with Crippen LogP contribution in [0.5, 0.6) is 5.75 Å². The van der Waals surface area contributed by atoms with E-state index in [1.54, 1.807) is 24.3 Å². The Morgan fingerprint density at radius 3 is 2.25 bits per heavy atom. The zero-order chi connectivity index (χ0) is 21.2. The summed E-state index contributed by atoms with van der Waals surface area (Å²) in [6.45, 7) is 8.78. The molecule has 0 radical (unpaired) electrons. The minimum Gasteiger partial charge on any atom is -0.490 e. The van der Waals surface area contributed by atoms with Gasteiger partial charge in [-0.05, 0) is 44.5 Å². The molecule has 0 aliphatic carbocycles. The van der Waals surface area contributed by atoms with Crippen molar-refractivity contribution in [3.63, 3.8) is 0 Å². The number of hydrogen-bond donors (Lipinski definition) is 1. The fraction of sp³-hybridized carbons (Fsp3) is 0.476. The van der Waals surface area contributed by atoms with Crippen LogP contribution in [0.25, 0.3) is 0 Å². The highest BCUT2D eigenvalue weighted by atomic mass is 16.6. The maximum absolute atomic E-state index is 11.9. The summed E-state index contributed by atoms with van der Waals surface area (Å²) in [5, 5.41) is 9.72. The summed E-state index contributed by atoms with van der Waals surface area (Å²) in [6.07, 6.45) is 1.42. The summed E-state index contributed by atoms with van der Waals surface area (Å²) in [7, 11) is 0. The van der Waals surface area contributed by atoms with E-state index in [1.165, 1.54) is 13.8 Å². The number of hydrogen-bond acceptors (Lipinski definition) is 7. The van der Waals surface area contributed by atoms with Crippen molar-refractivity contribution in [1.82, 2.24) is 0 Å². The van der Waals surface area contributed by atoms with Gasteiger partial charge in [0.2, 0.25) is 0 Å². The van der Waals surface area contributed by atoms with Crippen molar-refractivity contribution in [2.75, 3.05) is 19.8 Å². The Balaban J connectivity index is 2.31. The Morgan fingerprint density at radius 2 is 1.68 bits per heavy atom. The highest BCUT2D eigenvalue weighted by molar-refractivity contribution is 6.01. The maximum atomic E-state index is 11.9. The third-order valence-corrected chi connectivity index (χ3v) is 3.66. The smallest absolute Gasteiger partial charge is 0.333 e. The number of ketones is 1. The van der Waals surface area contributed by atoms with Crippen LogP contribution in [0.15, 0.2) is 36.4 Å². The molecule has 0 aliphatic rings. The van der Waals surface area contributed by atoms with Crippen LogP contribution in [0.1, 0.15) is 50.4 Å². The standard InChI is InChI=1S/C21H28O7/c1-5-6-11-28-20(24)15(2)14-18(22)27-13-12-26-17-9-7-16(8-10-17)19(23)21(3,4)25/h7-10,25H,2,5-6,11-14H2,1,3-4H3. The van der Waals surface area contributed by atoms with Crippen LogP contribution in [0.2, 0.25) is 0 Å². The van der Waals surface area contributed by atoms with Crippen molar-refractivity contribution in [3.8, 4) is 5.75 Å². The summed E-state index contributed by atoms with van der Waals surface area (Å²) in [6, 6.07) is 6.29. The highest BCUT2D eigenvalue weighted by Gasteiger charge is 2.24. The zero-order valence-corrected chi connectivity index (χ0v) is 16.7. The van der Waals surface area contributed by atoms with Crippen LogP contribution in [-0.2, 0) is 19.1 Å². The number of rotatable bonds is 12. The number of aliphatic hydroxyl groups is 1. The molecule has 0 atom stereocenters. The first-order chi connectivity index (χ1) is 13.1. The summed E-state index contributed by atoms with van der Waals surface area (Å²) in [4.78, 5) is 35.3. The van der Waals surface area contributed by atoms with Crippen LogP contribution in [0.3, 0.4) is 0 Å². The number of carbonyl (C=O) groups excluding carboxylic acids is 3. The van der Waals surface area contributed by atoms with Gasteiger partial charge in [-0.15, -0.1) is 0 Å². The van der Waals surface area contributed by atoms with Crippen LogP contribution < -0.4 is 4.74 Å². The zero-order valence-electron chi connectivity index (χ0n) is 16.7. The van der Waals surface area contributed by atoms with Crippen molar-refractivity contribution in [3.05, 3.63) is 42.0 Å². The Kier molecular flexibility index (Phi) is 9.38. The van der Waals surface area contributed by atoms with E-state index in [0.717, 1.165) is 12.8 Å². The van der Waals surface area contributed by atoms with Gasteiger partial charge in [-0.2, -0.15) is 0 Å². The van der Waals surface area contributed by atoms with Crippen LogP contribution in [0, 0.1) is 0 Å². The molecule has 7 nitrogen and oxygen atoms in total. The van der Waals surface area contributed by atoms with E-state index in [1.807, 2.05) is 6.92 Å². The fourth-order valence-electron chi connectivity index (χ4n) is 2.08. The third kappa shape index (κ3) is 8.35. The molecule has 0 bridgehead atoms. The molecule has 0 aromatic heterocycles. The lowest BCUT2D eigenvalue weighted by molar-refractivity contribution is -0.146. The van der Waals surface area contributed by atoms with E-state index < -0.39 is 17.5 Å². The lowest BCUT2D eigenvalue weighted by atomic mass is 9.97. The molecule has 0 fully saturated rings. The monoisotopic (exact) mass is 392 g/mol. The number of esters is 2. The quantitative estimate of drug-likeness (QED) is 0.253. The molecule has 1 aromatic rings. The Labute approximate surface area is 165 Å². The first kappa shape index (κ1) is 23.4. The lowest BCUT2D eigenvalue weighted by Gasteiger charge is -2.15. The van der Waals surface area contributed by atoms with Crippen molar-refractivity contribution in [2.45, 2.75) is 45.6 Å². The van der Waals surface area contributed by atoms with Crippen molar-refractivity contribution < 1.29 is 33.7 Å². The second-order valence-electron chi connectivity index (χ2n) is 6.75. The van der Waals surface area contributed by atoms with E-state index in [-0.39, 0.29) is 31.0 Å². The minimum absolute atomic E-state index is 0.00134. The highest BCUT2D eigenvalue weighted by Crippen LogP contribution is 2.17. The second-order valence-corrected chi connectivity index (χ2v) is 6.75. The van der Waals surface area contributed by atoms with Crippen LogP contribution in [0.4, 0.5) is 0 Å². The lowest BCUT2D eigenvalue weighted by Crippen LogP contribution is -2.30. The van der Waals surface area contributed by atoms with Gasteiger partial charge in [-0.25, -0.2) is 4.79 Å². The van der Waals surface area contributed by atoms with Crippen LogP contribution >= 0.6 is 0 Å². The molecule has 0 saturated heterocycles. The molecule has 1 rings (SSSR count). The van der Waals surface area contributed by atoms with Gasteiger partial charge in [0.25, 0.3) is 0 Å². The number of Topliss-reactive ketones (excluding diaryl/α,β-unsaturated/α-hetero) is 1. The molecular weight excluding hydrogens is 364 g/mol. The number of ether oxygens (including phenoxy) is 3. The van der Waals surface area contributed by atoms with Gasteiger partial charge < -0.3 is 19.3 Å². The predicted molar refractivity (Wildman–Crippen MR) is 103 cm³/mol. The summed E-state index contributed by atoms with van der Waals surface area (Å²) < 4.78 is 15.4. The number of benzene rings is 1. The topological polar surface area (TPSA) is 99.1 Å². The summed E-state index contributed by atoms with van der Waals surface area (Å²) in [5.41, 5.74) is -1.02. The molecule has 1 aromatic carbocycles. The second kappa shape index (κ2) is 11.2. The average Bonchev–Trinajstić information content (AvgIpc) is 2.64. The SMILES string of the molecule is C=C(CC(=O)OCCOc1ccc(C(=O)C(C)(C)O)cc1)C(=O)OCCCC. The molecule has 0 amide bonds. The minimum atomic E-state index is -1.44. The molecule has 0 unspecified atom stereocenters. The molecule has 0 saturated carbocycles. The Hall–Kier alpha value is -2.67. The van der Waals surface area contributed by atoms with Gasteiger partial charge in [0.1, 0.15) is 24.6 Å². The molecule has 1 N–H and O–H groups in total. The first-order valence-corrected chi connectivity index (χ1v) is 9.15. The van der Waals surface area contributed by atoms with E-state index in [4.69, 9.17) is 14.2 Å². The van der Waals surface area contributed by atoms with Crippen LogP contribution in [-0.4, -0.2) is 48.3 Å². The van der Waals surface area contributed by atoms with Gasteiger partial charge >= 0.3 is 11.9 Å². The number of unbranched alkanes of at least 4 members (excludes halogenated alkanes) is 1. The van der Waals surface area contributed by atoms with Gasteiger partial charge in [-0.1, -0.05) is 19.9 Å². The van der Waals surface area contributed by atoms with Gasteiger partial charge in [-0.3, -0.25) is 9.59 Å². The van der Waals surface area contributed by atoms with Crippen molar-refractivity contribution >= 4 is 17.7 Å². The largest absolute Gasteiger partial charge is 0.490 e.